The molecular weight excluding hydrogens is 345 g/mol. The van der Waals surface area contributed by atoms with Gasteiger partial charge in [0.15, 0.2) is 0 Å². The van der Waals surface area contributed by atoms with Crippen LogP contribution in [0, 0.1) is 5.92 Å². The molecule has 2 aromatic rings. The second-order valence-electron chi connectivity index (χ2n) is 6.18. The molecule has 0 aliphatic carbocycles. The molecule has 6 heteroatoms. The van der Waals surface area contributed by atoms with E-state index in [4.69, 9.17) is 23.2 Å². The van der Waals surface area contributed by atoms with Crippen molar-refractivity contribution in [3.05, 3.63) is 52.1 Å². The highest BCUT2D eigenvalue weighted by molar-refractivity contribution is 6.42. The van der Waals surface area contributed by atoms with E-state index in [0.29, 0.717) is 27.2 Å². The van der Waals surface area contributed by atoms with Crippen LogP contribution in [0.25, 0.3) is 0 Å². The Hall–Kier alpha value is -1.78. The summed E-state index contributed by atoms with van der Waals surface area (Å²) in [5.41, 5.74) is 1.11. The number of rotatable bonds is 3. The first-order valence-electron chi connectivity index (χ1n) is 8.00. The van der Waals surface area contributed by atoms with Crippen molar-refractivity contribution in [2.24, 2.45) is 5.92 Å². The van der Waals surface area contributed by atoms with Crippen LogP contribution in [0.5, 0.6) is 0 Å². The first-order chi connectivity index (χ1) is 11.5. The highest BCUT2D eigenvalue weighted by atomic mass is 35.5. The maximum Gasteiger partial charge on any atom is 0.257 e. The molecule has 2 heterocycles. The molecular formula is C18H19Cl2N3O. The summed E-state index contributed by atoms with van der Waals surface area (Å²) in [6.07, 6.45) is 4.06. The molecule has 0 spiro atoms. The minimum Gasteiger partial charge on any atom is -0.356 e. The van der Waals surface area contributed by atoms with Gasteiger partial charge in [0.05, 0.1) is 15.6 Å². The van der Waals surface area contributed by atoms with E-state index < -0.39 is 0 Å². The van der Waals surface area contributed by atoms with Crippen molar-refractivity contribution in [3.63, 3.8) is 0 Å². The van der Waals surface area contributed by atoms with Crippen molar-refractivity contribution < 1.29 is 4.79 Å². The maximum absolute atomic E-state index is 12.3. The average Bonchev–Trinajstić information content (AvgIpc) is 2.58. The molecule has 1 aromatic carbocycles. The Morgan fingerprint density at radius 2 is 2.08 bits per heavy atom. The third-order valence-electron chi connectivity index (χ3n) is 4.17. The summed E-state index contributed by atoms with van der Waals surface area (Å²) in [4.78, 5) is 19.0. The predicted molar refractivity (Wildman–Crippen MR) is 99.3 cm³/mol. The van der Waals surface area contributed by atoms with Gasteiger partial charge in [0.1, 0.15) is 5.82 Å². The number of aromatic nitrogens is 1. The number of nitrogens with one attached hydrogen (secondary N) is 1. The van der Waals surface area contributed by atoms with E-state index in [1.165, 1.54) is 12.8 Å². The Kier molecular flexibility index (Phi) is 5.27. The minimum absolute atomic E-state index is 0.223. The van der Waals surface area contributed by atoms with Crippen LogP contribution in [0.1, 0.15) is 30.1 Å². The summed E-state index contributed by atoms with van der Waals surface area (Å²) >= 11 is 11.8. The molecule has 4 nitrogen and oxygen atoms in total. The number of nitrogens with zero attached hydrogens (tertiary/aromatic N) is 2. The van der Waals surface area contributed by atoms with Gasteiger partial charge in [0, 0.05) is 25.0 Å². The summed E-state index contributed by atoms with van der Waals surface area (Å²) in [6, 6.07) is 8.69. The van der Waals surface area contributed by atoms with Crippen LogP contribution in [-0.2, 0) is 0 Å². The Morgan fingerprint density at radius 1 is 1.25 bits per heavy atom. The number of halogens is 2. The minimum atomic E-state index is -0.223. The number of carbonyl (C=O) groups excluding carboxylic acids is 1. The Balaban J connectivity index is 1.68. The molecule has 0 bridgehead atoms. The normalized spacial score (nSPS) is 17.6. The molecule has 24 heavy (non-hydrogen) atoms. The van der Waals surface area contributed by atoms with Gasteiger partial charge in [-0.25, -0.2) is 4.98 Å². The van der Waals surface area contributed by atoms with E-state index in [1.54, 1.807) is 30.5 Å². The fourth-order valence-corrected chi connectivity index (χ4v) is 3.18. The Bertz CT molecular complexity index is 734. The zero-order valence-electron chi connectivity index (χ0n) is 13.4. The smallest absolute Gasteiger partial charge is 0.257 e. The Morgan fingerprint density at radius 3 is 2.75 bits per heavy atom. The fourth-order valence-electron chi connectivity index (χ4n) is 2.88. The molecule has 1 aromatic heterocycles. The number of hydrogen-bond donors (Lipinski definition) is 1. The van der Waals surface area contributed by atoms with Crippen LogP contribution < -0.4 is 10.2 Å². The second-order valence-corrected chi connectivity index (χ2v) is 7.00. The fraction of sp³-hybridized carbons (Fsp3) is 0.333. The lowest BCUT2D eigenvalue weighted by Crippen LogP contribution is -2.34. The molecule has 1 unspecified atom stereocenters. The number of anilines is 2. The van der Waals surface area contributed by atoms with Crippen LogP contribution in [0.2, 0.25) is 10.0 Å². The van der Waals surface area contributed by atoms with Crippen LogP contribution in [0.3, 0.4) is 0 Å². The lowest BCUT2D eigenvalue weighted by Gasteiger charge is -2.31. The van der Waals surface area contributed by atoms with Gasteiger partial charge in [0.2, 0.25) is 0 Å². The standard InChI is InChI=1S/C18H19Cl2N3O/c1-12-3-2-8-23(11-12)17-7-4-13(10-21-17)18(24)22-14-5-6-15(19)16(20)9-14/h4-7,9-10,12H,2-3,8,11H2,1H3,(H,22,24). The van der Waals surface area contributed by atoms with E-state index >= 15 is 0 Å². The summed E-state index contributed by atoms with van der Waals surface area (Å²) in [6.45, 7) is 4.29. The number of benzene rings is 1. The number of piperidine rings is 1. The van der Waals surface area contributed by atoms with Crippen molar-refractivity contribution in [2.45, 2.75) is 19.8 Å². The van der Waals surface area contributed by atoms with Crippen LogP contribution in [-0.4, -0.2) is 24.0 Å². The molecule has 1 amide bonds. The van der Waals surface area contributed by atoms with Crippen molar-refractivity contribution in [1.29, 1.82) is 0 Å². The third kappa shape index (κ3) is 4.00. The summed E-state index contributed by atoms with van der Waals surface area (Å²) in [7, 11) is 0. The van der Waals surface area contributed by atoms with Gasteiger partial charge in [-0.1, -0.05) is 30.1 Å². The van der Waals surface area contributed by atoms with Gasteiger partial charge in [-0.3, -0.25) is 4.79 Å². The van der Waals surface area contributed by atoms with Gasteiger partial charge in [-0.05, 0) is 49.1 Å². The van der Waals surface area contributed by atoms with Crippen molar-refractivity contribution in [2.75, 3.05) is 23.3 Å². The van der Waals surface area contributed by atoms with Crippen molar-refractivity contribution >= 4 is 40.6 Å². The van der Waals surface area contributed by atoms with E-state index in [0.717, 1.165) is 18.9 Å². The first kappa shape index (κ1) is 17.1. The first-order valence-corrected chi connectivity index (χ1v) is 8.76. The molecule has 3 rings (SSSR count). The van der Waals surface area contributed by atoms with Gasteiger partial charge >= 0.3 is 0 Å². The quantitative estimate of drug-likeness (QED) is 0.845. The van der Waals surface area contributed by atoms with Crippen LogP contribution in [0.4, 0.5) is 11.5 Å². The van der Waals surface area contributed by atoms with Gasteiger partial charge in [0.25, 0.3) is 5.91 Å². The SMILES string of the molecule is CC1CCCN(c2ccc(C(=O)Nc3ccc(Cl)c(Cl)c3)cn2)C1. The molecule has 126 valence electrons. The molecule has 1 saturated heterocycles. The molecule has 0 saturated carbocycles. The van der Waals surface area contributed by atoms with Gasteiger partial charge in [-0.15, -0.1) is 0 Å². The zero-order chi connectivity index (χ0) is 17.1. The van der Waals surface area contributed by atoms with E-state index in [-0.39, 0.29) is 5.91 Å². The van der Waals surface area contributed by atoms with Gasteiger partial charge in [-0.2, -0.15) is 0 Å². The molecule has 1 aliphatic rings. The van der Waals surface area contributed by atoms with E-state index in [2.05, 4.69) is 22.1 Å². The molecule has 1 fully saturated rings. The number of amides is 1. The summed E-state index contributed by atoms with van der Waals surface area (Å²) in [5.74, 6) is 1.38. The largest absolute Gasteiger partial charge is 0.356 e. The predicted octanol–water partition coefficient (Wildman–Crippen LogP) is 4.88. The molecule has 1 N–H and O–H groups in total. The monoisotopic (exact) mass is 363 g/mol. The summed E-state index contributed by atoms with van der Waals surface area (Å²) < 4.78 is 0. The second kappa shape index (κ2) is 7.41. The third-order valence-corrected chi connectivity index (χ3v) is 4.91. The van der Waals surface area contributed by atoms with Crippen molar-refractivity contribution in [3.8, 4) is 0 Å². The van der Waals surface area contributed by atoms with E-state index in [9.17, 15) is 4.79 Å². The van der Waals surface area contributed by atoms with Crippen LogP contribution in [0.15, 0.2) is 36.5 Å². The maximum atomic E-state index is 12.3. The highest BCUT2D eigenvalue weighted by Gasteiger charge is 2.18. The molecule has 0 radical (unpaired) electrons. The van der Waals surface area contributed by atoms with Gasteiger partial charge < -0.3 is 10.2 Å². The highest BCUT2D eigenvalue weighted by Crippen LogP contribution is 2.25. The topological polar surface area (TPSA) is 45.2 Å². The number of carbonyl (C=O) groups is 1. The molecule has 1 aliphatic heterocycles. The summed E-state index contributed by atoms with van der Waals surface area (Å²) in [5, 5.41) is 3.66. The lowest BCUT2D eigenvalue weighted by molar-refractivity contribution is 0.102. The Labute approximate surface area is 151 Å². The van der Waals surface area contributed by atoms with Crippen LogP contribution >= 0.6 is 23.2 Å². The van der Waals surface area contributed by atoms with Crippen molar-refractivity contribution in [1.82, 2.24) is 4.98 Å². The van der Waals surface area contributed by atoms with E-state index in [1.807, 2.05) is 6.07 Å². The number of hydrogen-bond acceptors (Lipinski definition) is 3. The number of pyridine rings is 1. The lowest BCUT2D eigenvalue weighted by atomic mass is 10.0. The molecule has 1 atom stereocenters. The average molecular weight is 364 g/mol. The zero-order valence-corrected chi connectivity index (χ0v) is 14.9.